The maximum absolute atomic E-state index is 11.1. The van der Waals surface area contributed by atoms with Gasteiger partial charge in [0.2, 0.25) is 0 Å². The number of rotatable bonds is 0. The molecule has 12 heavy (non-hydrogen) atoms. The Balaban J connectivity index is 2.43. The number of hydrogen-bond acceptors (Lipinski definition) is 2. The highest BCUT2D eigenvalue weighted by Crippen LogP contribution is 2.21. The molecule has 1 unspecified atom stereocenters. The molecule has 1 amide bonds. The van der Waals surface area contributed by atoms with Crippen LogP contribution < -0.4 is 0 Å². The molecule has 60 valence electrons. The van der Waals surface area contributed by atoms with Crippen LogP contribution >= 0.6 is 15.9 Å². The van der Waals surface area contributed by atoms with E-state index in [0.29, 0.717) is 0 Å². The zero-order chi connectivity index (χ0) is 8.55. The Labute approximate surface area is 77.7 Å². The van der Waals surface area contributed by atoms with Gasteiger partial charge in [-0.25, -0.2) is 4.99 Å². The summed E-state index contributed by atoms with van der Waals surface area (Å²) in [6, 6.07) is -0.406. The van der Waals surface area contributed by atoms with E-state index in [1.165, 1.54) is 6.21 Å². The first-order chi connectivity index (χ1) is 5.77. The Morgan fingerprint density at radius 1 is 1.50 bits per heavy atom. The van der Waals surface area contributed by atoms with Crippen LogP contribution in [0, 0.1) is 0 Å². The van der Waals surface area contributed by atoms with E-state index in [-0.39, 0.29) is 5.91 Å². The van der Waals surface area contributed by atoms with E-state index in [1.807, 2.05) is 6.08 Å². The predicted molar refractivity (Wildman–Crippen MR) is 50.9 cm³/mol. The summed E-state index contributed by atoms with van der Waals surface area (Å²) in [5.41, 5.74) is 0.893. The van der Waals surface area contributed by atoms with Crippen molar-refractivity contribution in [2.24, 2.45) is 9.98 Å². The summed E-state index contributed by atoms with van der Waals surface area (Å²) >= 11 is 3.29. The SMILES string of the molecule is O=C1N=CC=C2C=C(Br)C=NC12. The predicted octanol–water partition coefficient (Wildman–Crippen LogP) is 1.26. The van der Waals surface area contributed by atoms with Gasteiger partial charge in [-0.15, -0.1) is 0 Å². The molecule has 2 rings (SSSR count). The Morgan fingerprint density at radius 2 is 2.33 bits per heavy atom. The number of amides is 1. The number of hydrogen-bond donors (Lipinski definition) is 0. The van der Waals surface area contributed by atoms with Gasteiger partial charge in [-0.1, -0.05) is 0 Å². The Kier molecular flexibility index (Phi) is 1.77. The first-order valence-electron chi connectivity index (χ1n) is 3.46. The van der Waals surface area contributed by atoms with Crippen LogP contribution in [0.4, 0.5) is 0 Å². The first-order valence-corrected chi connectivity index (χ1v) is 4.25. The average Bonchev–Trinajstić information content (AvgIpc) is 2.04. The highest BCUT2D eigenvalue weighted by Gasteiger charge is 2.23. The lowest BCUT2D eigenvalue weighted by Crippen LogP contribution is -2.23. The van der Waals surface area contributed by atoms with E-state index in [0.717, 1.165) is 10.1 Å². The number of carbonyl (C=O) groups excluding carboxylic acids is 1. The Morgan fingerprint density at radius 3 is 3.17 bits per heavy atom. The molecule has 0 aromatic heterocycles. The third kappa shape index (κ3) is 1.18. The fraction of sp³-hybridized carbons (Fsp3) is 0.125. The van der Waals surface area contributed by atoms with Crippen molar-refractivity contribution in [3.63, 3.8) is 0 Å². The summed E-state index contributed by atoms with van der Waals surface area (Å²) in [6.07, 6.45) is 6.80. The summed E-state index contributed by atoms with van der Waals surface area (Å²) in [7, 11) is 0. The second-order valence-corrected chi connectivity index (χ2v) is 3.41. The molecule has 3 nitrogen and oxygen atoms in total. The zero-order valence-corrected chi connectivity index (χ0v) is 7.65. The van der Waals surface area contributed by atoms with Crippen molar-refractivity contribution < 1.29 is 4.79 Å². The van der Waals surface area contributed by atoms with E-state index in [4.69, 9.17) is 0 Å². The van der Waals surface area contributed by atoms with Crippen LogP contribution in [0.3, 0.4) is 0 Å². The summed E-state index contributed by atoms with van der Waals surface area (Å²) < 4.78 is 0.883. The molecule has 0 fully saturated rings. The molecule has 4 heteroatoms. The summed E-state index contributed by atoms with van der Waals surface area (Å²) in [6.45, 7) is 0. The maximum Gasteiger partial charge on any atom is 0.274 e. The van der Waals surface area contributed by atoms with E-state index in [9.17, 15) is 4.79 Å². The minimum atomic E-state index is -0.406. The van der Waals surface area contributed by atoms with Crippen LogP contribution in [-0.4, -0.2) is 24.4 Å². The molecular formula is C8H5BrN2O. The van der Waals surface area contributed by atoms with Gasteiger partial charge in [0.1, 0.15) is 0 Å². The number of dihydropyridines is 2. The van der Waals surface area contributed by atoms with Crippen molar-refractivity contribution in [2.45, 2.75) is 6.04 Å². The second kappa shape index (κ2) is 2.79. The van der Waals surface area contributed by atoms with Gasteiger partial charge in [-0.3, -0.25) is 9.79 Å². The lowest BCUT2D eigenvalue weighted by molar-refractivity contribution is -0.118. The molecule has 0 spiro atoms. The quantitative estimate of drug-likeness (QED) is 0.611. The lowest BCUT2D eigenvalue weighted by Gasteiger charge is -2.15. The van der Waals surface area contributed by atoms with Gasteiger partial charge in [0.15, 0.2) is 6.04 Å². The van der Waals surface area contributed by atoms with Gasteiger partial charge in [-0.05, 0) is 33.7 Å². The number of nitrogens with zero attached hydrogens (tertiary/aromatic N) is 2. The zero-order valence-electron chi connectivity index (χ0n) is 6.07. The average molecular weight is 225 g/mol. The molecule has 1 atom stereocenters. The largest absolute Gasteiger partial charge is 0.274 e. The lowest BCUT2D eigenvalue weighted by atomic mass is 10.0. The molecule has 2 aliphatic heterocycles. The number of aliphatic imine (C=N–C) groups is 2. The van der Waals surface area contributed by atoms with E-state index in [1.54, 1.807) is 12.3 Å². The van der Waals surface area contributed by atoms with Crippen LogP contribution in [0.15, 0.2) is 32.2 Å². The minimum absolute atomic E-state index is 0.194. The molecule has 0 aromatic rings. The van der Waals surface area contributed by atoms with Crippen LogP contribution in [0.25, 0.3) is 0 Å². The van der Waals surface area contributed by atoms with Crippen molar-refractivity contribution in [3.05, 3.63) is 22.2 Å². The number of allylic oxidation sites excluding steroid dienone is 2. The molecule has 0 saturated carbocycles. The molecule has 0 radical (unpaired) electrons. The maximum atomic E-state index is 11.1. The van der Waals surface area contributed by atoms with Gasteiger partial charge in [0, 0.05) is 16.9 Å². The van der Waals surface area contributed by atoms with Crippen molar-refractivity contribution in [3.8, 4) is 0 Å². The summed E-state index contributed by atoms with van der Waals surface area (Å²) in [5.74, 6) is -0.194. The van der Waals surface area contributed by atoms with Gasteiger partial charge in [-0.2, -0.15) is 0 Å². The molecule has 0 aromatic carbocycles. The third-order valence-corrected chi connectivity index (χ3v) is 2.10. The van der Waals surface area contributed by atoms with E-state index >= 15 is 0 Å². The van der Waals surface area contributed by atoms with E-state index in [2.05, 4.69) is 25.9 Å². The molecule has 0 aliphatic carbocycles. The number of fused-ring (bicyclic) bond motifs is 1. The molecule has 0 saturated heterocycles. The summed E-state index contributed by atoms with van der Waals surface area (Å²) in [4.78, 5) is 18.8. The normalized spacial score (nSPS) is 26.4. The second-order valence-electron chi connectivity index (χ2n) is 2.49. The van der Waals surface area contributed by atoms with E-state index < -0.39 is 6.04 Å². The first kappa shape index (κ1) is 7.61. The van der Waals surface area contributed by atoms with Crippen molar-refractivity contribution >= 4 is 34.3 Å². The monoisotopic (exact) mass is 224 g/mol. The summed E-state index contributed by atoms with van der Waals surface area (Å²) in [5, 5.41) is 0. The highest BCUT2D eigenvalue weighted by atomic mass is 79.9. The van der Waals surface area contributed by atoms with Gasteiger partial charge < -0.3 is 0 Å². The molecule has 0 bridgehead atoms. The Bertz CT molecular complexity index is 352. The van der Waals surface area contributed by atoms with Crippen molar-refractivity contribution in [1.82, 2.24) is 0 Å². The number of halogens is 1. The van der Waals surface area contributed by atoms with Crippen LogP contribution in [0.2, 0.25) is 0 Å². The highest BCUT2D eigenvalue weighted by molar-refractivity contribution is 9.12. The molecule has 0 N–H and O–H groups in total. The molecule has 2 heterocycles. The number of carbonyl (C=O) groups is 1. The van der Waals surface area contributed by atoms with Crippen molar-refractivity contribution in [1.29, 1.82) is 0 Å². The fourth-order valence-corrected chi connectivity index (χ4v) is 1.50. The molecular weight excluding hydrogens is 220 g/mol. The van der Waals surface area contributed by atoms with Crippen LogP contribution in [0.1, 0.15) is 0 Å². The van der Waals surface area contributed by atoms with Gasteiger partial charge >= 0.3 is 0 Å². The van der Waals surface area contributed by atoms with Gasteiger partial charge in [0.25, 0.3) is 5.91 Å². The standard InChI is InChI=1S/C8H5BrN2O/c9-6-3-5-1-2-10-8(12)7(5)11-4-6/h1-4,7H. The van der Waals surface area contributed by atoms with Crippen molar-refractivity contribution in [2.75, 3.05) is 0 Å². The molecule has 2 aliphatic rings. The Hall–Kier alpha value is -1.03. The van der Waals surface area contributed by atoms with Crippen LogP contribution in [0.5, 0.6) is 0 Å². The topological polar surface area (TPSA) is 41.8 Å². The third-order valence-electron chi connectivity index (χ3n) is 1.67. The van der Waals surface area contributed by atoms with Gasteiger partial charge in [0.05, 0.1) is 0 Å². The fourth-order valence-electron chi connectivity index (χ4n) is 1.12. The minimum Gasteiger partial charge on any atom is -0.274 e. The van der Waals surface area contributed by atoms with Crippen LogP contribution in [-0.2, 0) is 4.79 Å². The smallest absolute Gasteiger partial charge is 0.274 e.